The molecular weight excluding hydrogens is 881 g/mol. The molecule has 4 rings (SSSR count). The van der Waals surface area contributed by atoms with Crippen molar-refractivity contribution in [2.75, 3.05) is 32.9 Å². The molecule has 16 heteroatoms. The number of rotatable bonds is 27. The maximum Gasteiger partial charge on any atom is 0.328 e. The van der Waals surface area contributed by atoms with Crippen molar-refractivity contribution in [3.63, 3.8) is 0 Å². The molecule has 3 atom stereocenters. The van der Waals surface area contributed by atoms with E-state index >= 15 is 0 Å². The zero-order valence-corrected chi connectivity index (χ0v) is 41.1. The normalized spacial score (nSPS) is 12.4. The Morgan fingerprint density at radius 3 is 1.65 bits per heavy atom. The smallest absolute Gasteiger partial charge is 0.328 e. The Hall–Kier alpha value is -5.31. The first-order valence-electron chi connectivity index (χ1n) is 22.8. The van der Waals surface area contributed by atoms with Crippen LogP contribution in [0, 0.1) is 17.8 Å². The van der Waals surface area contributed by atoms with Crippen LogP contribution in [0.25, 0.3) is 32.7 Å². The first kappa shape index (κ1) is 56.8. The van der Waals surface area contributed by atoms with Crippen LogP contribution in [0.4, 0.5) is 0 Å². The number of ether oxygens (including phenoxy) is 3. The lowest BCUT2D eigenvalue weighted by Crippen LogP contribution is -2.56. The van der Waals surface area contributed by atoms with E-state index in [2.05, 4.69) is 46.9 Å². The quantitative estimate of drug-likeness (QED) is 0.0149. The van der Waals surface area contributed by atoms with E-state index in [1.165, 1.54) is 0 Å². The van der Waals surface area contributed by atoms with Gasteiger partial charge in [0.15, 0.2) is 12.6 Å². The molecule has 0 radical (unpaired) electrons. The number of hydrogen-bond acceptors (Lipinski definition) is 9. The highest BCUT2D eigenvalue weighted by Crippen LogP contribution is 2.45. The van der Waals surface area contributed by atoms with Gasteiger partial charge in [-0.2, -0.15) is 0 Å². The number of benzene rings is 4. The zero-order chi connectivity index (χ0) is 46.6. The Morgan fingerprint density at radius 1 is 0.591 bits per heavy atom. The number of carbonyl (C=O) groups excluding carboxylic acids is 4. The van der Waals surface area contributed by atoms with Crippen molar-refractivity contribution in [2.24, 2.45) is 39.9 Å². The molecule has 0 fully saturated rings. The Bertz CT molecular complexity index is 2180. The van der Waals surface area contributed by atoms with Gasteiger partial charge in [0.2, 0.25) is 11.8 Å². The van der Waals surface area contributed by atoms with Crippen molar-refractivity contribution >= 4 is 76.0 Å². The number of halogens is 2. The lowest BCUT2D eigenvalue weighted by atomic mass is 9.92. The summed E-state index contributed by atoms with van der Waals surface area (Å²) >= 11 is 0. The van der Waals surface area contributed by atoms with Crippen molar-refractivity contribution in [1.29, 1.82) is 0 Å². The van der Waals surface area contributed by atoms with E-state index in [1.54, 1.807) is 0 Å². The molecule has 0 aromatic heterocycles. The van der Waals surface area contributed by atoms with Gasteiger partial charge in [0.25, 0.3) is 5.91 Å². The number of nitrogens with two attached hydrogens (primary N) is 3. The maximum atomic E-state index is 14.1. The fourth-order valence-electron chi connectivity index (χ4n) is 7.30. The number of aliphatic imine (C=N–C) groups is 1. The molecule has 9 N–H and O–H groups in total. The van der Waals surface area contributed by atoms with Crippen LogP contribution >= 0.6 is 24.8 Å². The molecule has 66 heavy (non-hydrogen) atoms. The van der Waals surface area contributed by atoms with Crippen LogP contribution in [0.2, 0.25) is 0 Å². The number of unbranched alkanes of at least 4 members (excludes halogenated alkanes) is 1. The third kappa shape index (κ3) is 18.2. The Balaban J connectivity index is 0.00000748. The molecular formula is C50H73Cl2N7O7. The number of esters is 1. The average molecular weight is 955 g/mol. The molecule has 0 heterocycles. The van der Waals surface area contributed by atoms with Gasteiger partial charge in [-0.1, -0.05) is 102 Å². The van der Waals surface area contributed by atoms with Crippen molar-refractivity contribution in [2.45, 2.75) is 111 Å². The van der Waals surface area contributed by atoms with Crippen LogP contribution in [0.3, 0.4) is 0 Å². The second-order valence-electron chi connectivity index (χ2n) is 17.6. The van der Waals surface area contributed by atoms with Gasteiger partial charge in [0.1, 0.15) is 29.6 Å². The Labute approximate surface area is 403 Å². The van der Waals surface area contributed by atoms with Gasteiger partial charge >= 0.3 is 5.97 Å². The number of fused-ring (bicyclic) bond motifs is 2. The summed E-state index contributed by atoms with van der Waals surface area (Å²) in [5.41, 5.74) is 18.5. The third-order valence-electron chi connectivity index (χ3n) is 10.8. The van der Waals surface area contributed by atoms with E-state index < -0.39 is 48.4 Å². The molecule has 0 unspecified atom stereocenters. The molecule has 364 valence electrons. The van der Waals surface area contributed by atoms with Gasteiger partial charge in [-0.3, -0.25) is 19.4 Å². The summed E-state index contributed by atoms with van der Waals surface area (Å²) < 4.78 is 18.4. The number of nitrogens with one attached hydrogen (secondary N) is 3. The molecule has 0 aliphatic rings. The van der Waals surface area contributed by atoms with Gasteiger partial charge in [-0.15, -0.1) is 24.8 Å². The monoisotopic (exact) mass is 953 g/mol. The highest BCUT2D eigenvalue weighted by atomic mass is 35.5. The molecule has 4 aromatic carbocycles. The maximum absolute atomic E-state index is 14.1. The predicted molar refractivity (Wildman–Crippen MR) is 270 cm³/mol. The van der Waals surface area contributed by atoms with Gasteiger partial charge in [0, 0.05) is 17.7 Å². The summed E-state index contributed by atoms with van der Waals surface area (Å²) in [7, 11) is 0. The van der Waals surface area contributed by atoms with Crippen LogP contribution < -0.4 is 42.6 Å². The van der Waals surface area contributed by atoms with Gasteiger partial charge < -0.3 is 47.4 Å². The highest BCUT2D eigenvalue weighted by Gasteiger charge is 2.31. The van der Waals surface area contributed by atoms with Crippen molar-refractivity contribution in [3.05, 3.63) is 72.8 Å². The second kappa shape index (κ2) is 29.4. The molecule has 0 saturated carbocycles. The van der Waals surface area contributed by atoms with Crippen molar-refractivity contribution in [1.82, 2.24) is 16.0 Å². The van der Waals surface area contributed by atoms with E-state index in [-0.39, 0.29) is 62.7 Å². The van der Waals surface area contributed by atoms with Crippen LogP contribution in [-0.2, 0) is 23.9 Å². The number of guanidine groups is 1. The Kier molecular flexibility index (Phi) is 25.3. The first-order valence-corrected chi connectivity index (χ1v) is 22.8. The van der Waals surface area contributed by atoms with Crippen molar-refractivity contribution in [3.8, 4) is 22.6 Å². The number of hydrogen-bond donors (Lipinski definition) is 6. The van der Waals surface area contributed by atoms with Crippen LogP contribution in [0.5, 0.6) is 11.5 Å². The Morgan fingerprint density at radius 2 is 1.11 bits per heavy atom. The minimum absolute atomic E-state index is 0. The fraction of sp³-hybridized carbons (Fsp3) is 0.500. The first-order chi connectivity index (χ1) is 30.7. The van der Waals surface area contributed by atoms with Crippen LogP contribution in [0.15, 0.2) is 77.8 Å². The van der Waals surface area contributed by atoms with Gasteiger partial charge in [0.05, 0.1) is 13.2 Å². The van der Waals surface area contributed by atoms with Gasteiger partial charge in [-0.05, 0) is 109 Å². The second-order valence-corrected chi connectivity index (χ2v) is 17.6. The van der Waals surface area contributed by atoms with E-state index in [9.17, 15) is 19.2 Å². The summed E-state index contributed by atoms with van der Waals surface area (Å²) in [4.78, 5) is 59.1. The van der Waals surface area contributed by atoms with E-state index in [4.69, 9.17) is 31.4 Å². The predicted octanol–water partition coefficient (Wildman–Crippen LogP) is 7.58. The van der Waals surface area contributed by atoms with Crippen LogP contribution in [-0.4, -0.2) is 80.7 Å². The zero-order valence-electron chi connectivity index (χ0n) is 39.4. The van der Waals surface area contributed by atoms with E-state index in [1.807, 2.05) is 88.4 Å². The van der Waals surface area contributed by atoms with Crippen LogP contribution in [0.1, 0.15) is 92.9 Å². The van der Waals surface area contributed by atoms with Gasteiger partial charge in [-0.25, -0.2) is 4.79 Å². The fourth-order valence-corrected chi connectivity index (χ4v) is 7.30. The highest BCUT2D eigenvalue weighted by molar-refractivity contribution is 6.10. The molecule has 0 spiro atoms. The molecule has 0 aliphatic carbocycles. The largest absolute Gasteiger partial charge is 0.493 e. The summed E-state index contributed by atoms with van der Waals surface area (Å²) in [5.74, 6) is -0.281. The number of amides is 3. The minimum atomic E-state index is -1.08. The topological polar surface area (TPSA) is 222 Å². The molecule has 0 saturated heterocycles. The standard InChI is InChI=1S/C50H71N7O7.2ClH/c1-32(2)24-28-62-42-22-20-35-14-7-9-16-37(35)45(42)46-38-17-10-8-15-36(38)21-23-43(46)64-31-44(58)55-39(18-11-12-26-51)47(59)56-40(19-13-27-54-50(52)53)48(60)57-41(30-34(5)6)49(61)63-29-25-33(3)4;;/h7-10,14-17,20-23,32-34,39-41H,11-13,18-19,24-31,51H2,1-6H3,(H,55,58)(H,56,59)(H,57,60)(H4,52,53,54);2*1H/t39-,40-,41-;;/m1../s1. The minimum Gasteiger partial charge on any atom is -0.493 e. The SMILES string of the molecule is CC(C)CCOC(=O)[C@@H](CC(C)C)NC(=O)[C@@H](CCCN=C(N)N)NC(=O)[C@@H](CCCCN)NC(=O)COc1ccc2ccccc2c1-c1c(OCCC(C)C)ccc2ccccc12.Cl.Cl. The lowest BCUT2D eigenvalue weighted by Gasteiger charge is -2.26. The molecule has 3 amide bonds. The molecule has 14 nitrogen and oxygen atoms in total. The lowest BCUT2D eigenvalue weighted by molar-refractivity contribution is -0.149. The average Bonchev–Trinajstić information content (AvgIpc) is 3.25. The molecule has 0 aliphatic heterocycles. The van der Waals surface area contributed by atoms with E-state index in [0.717, 1.165) is 39.1 Å². The number of carbonyl (C=O) groups is 4. The summed E-state index contributed by atoms with van der Waals surface area (Å²) in [6.45, 7) is 13.2. The summed E-state index contributed by atoms with van der Waals surface area (Å²) in [6, 6.07) is 20.9. The molecule has 0 bridgehead atoms. The van der Waals surface area contributed by atoms with Crippen molar-refractivity contribution < 1.29 is 33.4 Å². The number of nitrogens with zero attached hydrogens (tertiary/aromatic N) is 1. The summed E-state index contributed by atoms with van der Waals surface area (Å²) in [6.07, 6.45) is 3.79. The molecule has 4 aromatic rings. The third-order valence-corrected chi connectivity index (χ3v) is 10.8. The summed E-state index contributed by atoms with van der Waals surface area (Å²) in [5, 5.41) is 12.5. The van der Waals surface area contributed by atoms with E-state index in [0.29, 0.717) is 68.6 Å².